The maximum absolute atomic E-state index is 13.0. The molecule has 9 heteroatoms. The average molecular weight is 1010 g/mol. The zero-order valence-corrected chi connectivity index (χ0v) is 48.2. The number of rotatable bonds is 56. The minimum atomic E-state index is -4.32. The van der Waals surface area contributed by atoms with Crippen LogP contribution >= 0.6 is 7.82 Å². The minimum absolute atomic E-state index is 0.0759. The van der Waals surface area contributed by atoms with E-state index in [0.717, 1.165) is 51.4 Å². The highest BCUT2D eigenvalue weighted by atomic mass is 31.2. The topological polar surface area (TPSA) is 105 Å². The Morgan fingerprint density at radius 1 is 0.486 bits per heavy atom. The molecule has 0 heterocycles. The molecule has 3 unspecified atom stereocenters. The van der Waals surface area contributed by atoms with Gasteiger partial charge in [0.2, 0.25) is 5.91 Å². The van der Waals surface area contributed by atoms with Crippen LogP contribution in [0.3, 0.4) is 0 Å². The molecule has 70 heavy (non-hydrogen) atoms. The molecule has 3 N–H and O–H groups in total. The van der Waals surface area contributed by atoms with Gasteiger partial charge in [0.05, 0.1) is 39.9 Å². The number of carbonyl (C=O) groups is 1. The van der Waals surface area contributed by atoms with Gasteiger partial charge in [0.1, 0.15) is 13.2 Å². The molecule has 8 nitrogen and oxygen atoms in total. The highest BCUT2D eigenvalue weighted by Gasteiger charge is 2.28. The van der Waals surface area contributed by atoms with Crippen LogP contribution in [0.1, 0.15) is 296 Å². The Balaban J connectivity index is 4.05. The van der Waals surface area contributed by atoms with Crippen molar-refractivity contribution in [2.75, 3.05) is 40.9 Å². The lowest BCUT2D eigenvalue weighted by molar-refractivity contribution is -0.870. The molecule has 0 fully saturated rings. The van der Waals surface area contributed by atoms with Gasteiger partial charge in [0.15, 0.2) is 0 Å². The van der Waals surface area contributed by atoms with E-state index in [0.29, 0.717) is 23.9 Å². The van der Waals surface area contributed by atoms with Crippen molar-refractivity contribution >= 4 is 13.7 Å². The summed E-state index contributed by atoms with van der Waals surface area (Å²) in [7, 11) is 1.63. The van der Waals surface area contributed by atoms with Crippen LogP contribution in [0.5, 0.6) is 0 Å². The van der Waals surface area contributed by atoms with Gasteiger partial charge in [-0.25, -0.2) is 4.57 Å². The zero-order chi connectivity index (χ0) is 51.3. The molecule has 0 aliphatic rings. The number of aliphatic hydroxyl groups is 1. The van der Waals surface area contributed by atoms with E-state index >= 15 is 0 Å². The lowest BCUT2D eigenvalue weighted by atomic mass is 10.0. The number of nitrogens with one attached hydrogen (secondary N) is 1. The Bertz CT molecular complexity index is 1230. The quantitative estimate of drug-likeness (QED) is 0.0243. The summed E-state index contributed by atoms with van der Waals surface area (Å²) in [5.41, 5.74) is 0. The summed E-state index contributed by atoms with van der Waals surface area (Å²) < 4.78 is 23.8. The predicted octanol–water partition coefficient (Wildman–Crippen LogP) is 18.5. The second-order valence-electron chi connectivity index (χ2n) is 22.1. The summed E-state index contributed by atoms with van der Waals surface area (Å²) in [6.45, 7) is 4.91. The Kier molecular flexibility index (Phi) is 51.6. The highest BCUT2D eigenvalue weighted by molar-refractivity contribution is 7.47. The molecule has 0 aromatic heterocycles. The Morgan fingerprint density at radius 3 is 1.19 bits per heavy atom. The van der Waals surface area contributed by atoms with Gasteiger partial charge in [-0.2, -0.15) is 0 Å². The van der Waals surface area contributed by atoms with Crippen LogP contribution in [0.2, 0.25) is 0 Å². The third-order valence-electron chi connectivity index (χ3n) is 13.9. The summed E-state index contributed by atoms with van der Waals surface area (Å²) in [5, 5.41) is 14.1. The Hall–Kier alpha value is -1.28. The van der Waals surface area contributed by atoms with Crippen molar-refractivity contribution < 1.29 is 32.9 Å². The molecule has 0 rings (SSSR count). The molecule has 414 valence electrons. The van der Waals surface area contributed by atoms with E-state index in [4.69, 9.17) is 9.05 Å². The van der Waals surface area contributed by atoms with E-state index < -0.39 is 20.0 Å². The maximum Gasteiger partial charge on any atom is 0.472 e. The standard InChI is InChI=1S/C61H119N2O6P/c1-6-8-10-12-14-16-18-20-22-24-25-26-27-28-29-30-31-32-33-34-35-36-37-39-41-43-45-47-49-51-53-55-61(65)62-59(58-69-70(66,67)68-57-56-63(3,4)5)60(64)54-52-50-48-46-44-42-40-38-23-21-19-17-15-13-11-9-7-2/h18,20,24-25,27-28,59-60,64H,6-17,19,21-23,26,29-58H2,1-5H3,(H-,62,65,66,67)/p+1/b20-18-,25-24-,28-27-. The van der Waals surface area contributed by atoms with E-state index in [1.165, 1.54) is 218 Å². The molecule has 0 radical (unpaired) electrons. The van der Waals surface area contributed by atoms with Crippen molar-refractivity contribution in [2.24, 2.45) is 0 Å². The van der Waals surface area contributed by atoms with E-state index in [1.807, 2.05) is 21.1 Å². The summed E-state index contributed by atoms with van der Waals surface area (Å²) in [6, 6.07) is -0.760. The first kappa shape index (κ1) is 68.7. The van der Waals surface area contributed by atoms with Crippen LogP contribution in [0.15, 0.2) is 36.5 Å². The number of hydrogen-bond donors (Lipinski definition) is 3. The molecule has 3 atom stereocenters. The number of phosphoric ester groups is 1. The molecule has 0 saturated carbocycles. The van der Waals surface area contributed by atoms with Gasteiger partial charge >= 0.3 is 7.82 Å². The van der Waals surface area contributed by atoms with Gasteiger partial charge in [0, 0.05) is 6.42 Å². The third kappa shape index (κ3) is 54.5. The number of allylic oxidation sites excluding steroid dienone is 6. The van der Waals surface area contributed by atoms with Crippen LogP contribution in [-0.2, 0) is 18.4 Å². The lowest BCUT2D eigenvalue weighted by Gasteiger charge is -2.26. The van der Waals surface area contributed by atoms with Crippen molar-refractivity contribution in [2.45, 2.75) is 309 Å². The van der Waals surface area contributed by atoms with Crippen molar-refractivity contribution in [1.29, 1.82) is 0 Å². The van der Waals surface area contributed by atoms with Crippen molar-refractivity contribution in [3.63, 3.8) is 0 Å². The van der Waals surface area contributed by atoms with Crippen LogP contribution in [0.4, 0.5) is 0 Å². The van der Waals surface area contributed by atoms with Gasteiger partial charge in [-0.3, -0.25) is 13.8 Å². The van der Waals surface area contributed by atoms with Crippen molar-refractivity contribution in [1.82, 2.24) is 5.32 Å². The highest BCUT2D eigenvalue weighted by Crippen LogP contribution is 2.43. The van der Waals surface area contributed by atoms with Crippen LogP contribution < -0.4 is 5.32 Å². The number of amides is 1. The van der Waals surface area contributed by atoms with E-state index in [-0.39, 0.29) is 19.1 Å². The second-order valence-corrected chi connectivity index (χ2v) is 23.5. The van der Waals surface area contributed by atoms with E-state index in [2.05, 4.69) is 55.6 Å². The molecule has 0 aliphatic carbocycles. The number of hydrogen-bond acceptors (Lipinski definition) is 5. The van der Waals surface area contributed by atoms with E-state index in [9.17, 15) is 19.4 Å². The fraction of sp³-hybridized carbons (Fsp3) is 0.885. The van der Waals surface area contributed by atoms with Crippen LogP contribution in [-0.4, -0.2) is 73.4 Å². The van der Waals surface area contributed by atoms with E-state index in [1.54, 1.807) is 0 Å². The molecular weight excluding hydrogens is 888 g/mol. The summed E-state index contributed by atoms with van der Waals surface area (Å²) >= 11 is 0. The van der Waals surface area contributed by atoms with Crippen LogP contribution in [0, 0.1) is 0 Å². The molecule has 0 saturated heterocycles. The number of carbonyl (C=O) groups excluding carboxylic acids is 1. The molecule has 0 bridgehead atoms. The average Bonchev–Trinajstić information content (AvgIpc) is 3.32. The predicted molar refractivity (Wildman–Crippen MR) is 304 cm³/mol. The zero-order valence-electron chi connectivity index (χ0n) is 47.3. The number of unbranched alkanes of at least 4 members (excludes halogenated alkanes) is 37. The first-order valence-corrected chi connectivity index (χ1v) is 31.8. The molecule has 0 aromatic rings. The molecule has 0 aromatic carbocycles. The first-order valence-electron chi connectivity index (χ1n) is 30.4. The number of aliphatic hydroxyl groups excluding tert-OH is 1. The van der Waals surface area contributed by atoms with Gasteiger partial charge in [-0.05, 0) is 51.4 Å². The first-order chi connectivity index (χ1) is 34.0. The minimum Gasteiger partial charge on any atom is -0.391 e. The van der Waals surface area contributed by atoms with Crippen molar-refractivity contribution in [3.8, 4) is 0 Å². The number of quaternary nitrogens is 1. The number of nitrogens with zero attached hydrogens (tertiary/aromatic N) is 1. The molecular formula is C61H120N2O6P+. The Labute approximate surface area is 436 Å². The maximum atomic E-state index is 13.0. The molecule has 1 amide bonds. The SMILES string of the molecule is CCCCCCC/C=C\C/C=C\C/C=C\CCCCCCCCCCCCCCCCCCC(=O)NC(COP(=O)(O)OCC[N+](C)(C)C)C(O)CCCCCCCCCCCCCCCCCCC. The molecule has 0 aliphatic heterocycles. The largest absolute Gasteiger partial charge is 0.472 e. The summed E-state index contributed by atoms with van der Waals surface area (Å²) in [5.74, 6) is -0.141. The summed E-state index contributed by atoms with van der Waals surface area (Å²) in [6.07, 6.45) is 67.8. The molecule has 0 spiro atoms. The fourth-order valence-corrected chi connectivity index (χ4v) is 9.85. The van der Waals surface area contributed by atoms with Crippen LogP contribution in [0.25, 0.3) is 0 Å². The smallest absolute Gasteiger partial charge is 0.391 e. The van der Waals surface area contributed by atoms with Crippen molar-refractivity contribution in [3.05, 3.63) is 36.5 Å². The second kappa shape index (κ2) is 52.6. The van der Waals surface area contributed by atoms with Gasteiger partial charge < -0.3 is 19.8 Å². The summed E-state index contributed by atoms with van der Waals surface area (Å²) in [4.78, 5) is 23.4. The Morgan fingerprint density at radius 2 is 0.814 bits per heavy atom. The van der Waals surface area contributed by atoms with Gasteiger partial charge in [0.25, 0.3) is 0 Å². The van der Waals surface area contributed by atoms with Gasteiger partial charge in [-0.1, -0.05) is 275 Å². The van der Waals surface area contributed by atoms with Gasteiger partial charge in [-0.15, -0.1) is 0 Å². The third-order valence-corrected chi connectivity index (χ3v) is 14.9. The number of likely N-dealkylation sites (N-methyl/N-ethyl adjacent to an activating group) is 1. The number of phosphoric acid groups is 1. The lowest BCUT2D eigenvalue weighted by Crippen LogP contribution is -2.46. The monoisotopic (exact) mass is 1010 g/mol. The fourth-order valence-electron chi connectivity index (χ4n) is 9.12. The normalized spacial score (nSPS) is 14.1.